The summed E-state index contributed by atoms with van der Waals surface area (Å²) in [5.41, 5.74) is -0.656. The lowest BCUT2D eigenvalue weighted by atomic mass is 10.2. The Morgan fingerprint density at radius 2 is 2.11 bits per heavy atom. The number of alkyl carbamates (subject to hydrolysis) is 1. The zero-order chi connectivity index (χ0) is 13.9. The molecular formula is C10H13BrN2O4S. The van der Waals surface area contributed by atoms with Crippen LogP contribution < -0.4 is 5.32 Å². The van der Waals surface area contributed by atoms with Crippen molar-refractivity contribution in [2.45, 2.75) is 32.9 Å². The smallest absolute Gasteiger partial charge is 0.407 e. The molecule has 0 fully saturated rings. The summed E-state index contributed by atoms with van der Waals surface area (Å²) < 4.78 is 5.50. The molecule has 0 aliphatic rings. The highest BCUT2D eigenvalue weighted by Crippen LogP contribution is 2.23. The molecule has 0 saturated carbocycles. The molecule has 0 bridgehead atoms. The highest BCUT2D eigenvalue weighted by molar-refractivity contribution is 9.11. The second kappa shape index (κ2) is 5.66. The van der Waals surface area contributed by atoms with Crippen molar-refractivity contribution in [2.75, 3.05) is 0 Å². The van der Waals surface area contributed by atoms with E-state index < -0.39 is 17.7 Å². The minimum atomic E-state index is -1.13. The molecule has 1 aromatic rings. The van der Waals surface area contributed by atoms with Crippen molar-refractivity contribution >= 4 is 39.3 Å². The molecular weight excluding hydrogens is 324 g/mol. The Bertz CT molecular complexity index is 467. The number of halogens is 1. The van der Waals surface area contributed by atoms with Crippen molar-refractivity contribution < 1.29 is 19.4 Å². The predicted octanol–water partition coefficient (Wildman–Crippen LogP) is 2.63. The van der Waals surface area contributed by atoms with Crippen molar-refractivity contribution in [2.24, 2.45) is 0 Å². The first-order valence-corrected chi connectivity index (χ1v) is 6.65. The van der Waals surface area contributed by atoms with Gasteiger partial charge in [0.15, 0.2) is 9.61 Å². The molecule has 0 aromatic carbocycles. The maximum Gasteiger partial charge on any atom is 0.407 e. The summed E-state index contributed by atoms with van der Waals surface area (Å²) >= 11 is 4.26. The molecule has 8 heteroatoms. The van der Waals surface area contributed by atoms with E-state index in [0.717, 1.165) is 11.3 Å². The van der Waals surface area contributed by atoms with Gasteiger partial charge in [0.2, 0.25) is 0 Å². The van der Waals surface area contributed by atoms with E-state index in [1.165, 1.54) is 0 Å². The van der Waals surface area contributed by atoms with E-state index in [-0.39, 0.29) is 12.2 Å². The molecule has 6 nitrogen and oxygen atoms in total. The lowest BCUT2D eigenvalue weighted by Crippen LogP contribution is -2.32. The predicted molar refractivity (Wildman–Crippen MR) is 69.8 cm³/mol. The fraction of sp³-hybridized carbons (Fsp3) is 0.500. The minimum absolute atomic E-state index is 0.0667. The molecule has 18 heavy (non-hydrogen) atoms. The number of hydrogen-bond acceptors (Lipinski definition) is 5. The zero-order valence-electron chi connectivity index (χ0n) is 10.1. The molecule has 0 aliphatic carbocycles. The van der Waals surface area contributed by atoms with E-state index in [1.54, 1.807) is 20.8 Å². The van der Waals surface area contributed by atoms with E-state index in [1.807, 2.05) is 0 Å². The van der Waals surface area contributed by atoms with Gasteiger partial charge in [-0.3, -0.25) is 0 Å². The highest BCUT2D eigenvalue weighted by Gasteiger charge is 2.19. The number of thiazole rings is 1. The first kappa shape index (κ1) is 14.9. The summed E-state index contributed by atoms with van der Waals surface area (Å²) in [5.74, 6) is -1.13. The molecule has 0 saturated heterocycles. The SMILES string of the molecule is CC(C)(C)OC(=O)NCc1sc(Br)nc1C(=O)O. The minimum Gasteiger partial charge on any atom is -0.476 e. The third-order valence-electron chi connectivity index (χ3n) is 1.67. The molecule has 1 rings (SSSR count). The van der Waals surface area contributed by atoms with Gasteiger partial charge in [-0.2, -0.15) is 0 Å². The Hall–Kier alpha value is -1.15. The molecule has 2 N–H and O–H groups in total. The number of carboxylic acid groups (broad SMARTS) is 1. The van der Waals surface area contributed by atoms with Gasteiger partial charge in [0.05, 0.1) is 11.4 Å². The first-order chi connectivity index (χ1) is 8.19. The van der Waals surface area contributed by atoms with Gasteiger partial charge in [-0.05, 0) is 36.7 Å². The molecule has 1 amide bonds. The number of amides is 1. The fourth-order valence-electron chi connectivity index (χ4n) is 1.08. The van der Waals surface area contributed by atoms with Gasteiger partial charge in [0.25, 0.3) is 0 Å². The number of ether oxygens (including phenoxy) is 1. The van der Waals surface area contributed by atoms with E-state index in [9.17, 15) is 9.59 Å². The van der Waals surface area contributed by atoms with Gasteiger partial charge in [-0.25, -0.2) is 14.6 Å². The van der Waals surface area contributed by atoms with Crippen LogP contribution in [0.1, 0.15) is 36.1 Å². The summed E-state index contributed by atoms with van der Waals surface area (Å²) in [6.45, 7) is 5.31. The highest BCUT2D eigenvalue weighted by atomic mass is 79.9. The quantitative estimate of drug-likeness (QED) is 0.885. The van der Waals surface area contributed by atoms with Crippen LogP contribution in [0.2, 0.25) is 0 Å². The average molecular weight is 337 g/mol. The van der Waals surface area contributed by atoms with Gasteiger partial charge < -0.3 is 15.2 Å². The Labute approximate surface area is 116 Å². The van der Waals surface area contributed by atoms with Gasteiger partial charge in [0.1, 0.15) is 5.60 Å². The topological polar surface area (TPSA) is 88.5 Å². The van der Waals surface area contributed by atoms with E-state index >= 15 is 0 Å². The summed E-state index contributed by atoms with van der Waals surface area (Å²) in [4.78, 5) is 26.6. The van der Waals surface area contributed by atoms with Crippen LogP contribution in [0.15, 0.2) is 3.92 Å². The van der Waals surface area contributed by atoms with Crippen molar-refractivity contribution in [1.29, 1.82) is 0 Å². The third kappa shape index (κ3) is 4.61. The lowest BCUT2D eigenvalue weighted by Gasteiger charge is -2.19. The molecule has 100 valence electrons. The van der Waals surface area contributed by atoms with Crippen LogP contribution in [-0.2, 0) is 11.3 Å². The van der Waals surface area contributed by atoms with E-state index in [4.69, 9.17) is 9.84 Å². The van der Waals surface area contributed by atoms with Crippen LogP contribution in [0.5, 0.6) is 0 Å². The van der Waals surface area contributed by atoms with Crippen LogP contribution in [0, 0.1) is 0 Å². The maximum absolute atomic E-state index is 11.4. The monoisotopic (exact) mass is 336 g/mol. The first-order valence-electron chi connectivity index (χ1n) is 5.04. The normalized spacial score (nSPS) is 11.1. The summed E-state index contributed by atoms with van der Waals surface area (Å²) in [6.07, 6.45) is -0.594. The second-order valence-corrected chi connectivity index (χ2v) is 6.76. The van der Waals surface area contributed by atoms with Crippen molar-refractivity contribution in [3.05, 3.63) is 14.5 Å². The van der Waals surface area contributed by atoms with Crippen LogP contribution in [0.4, 0.5) is 4.79 Å². The lowest BCUT2D eigenvalue weighted by molar-refractivity contribution is 0.0521. The molecule has 0 radical (unpaired) electrons. The third-order valence-corrected chi connectivity index (χ3v) is 3.17. The number of aromatic nitrogens is 1. The number of nitrogens with zero attached hydrogens (tertiary/aromatic N) is 1. The van der Waals surface area contributed by atoms with Crippen molar-refractivity contribution in [1.82, 2.24) is 10.3 Å². The molecule has 1 aromatic heterocycles. The van der Waals surface area contributed by atoms with Crippen molar-refractivity contribution in [3.63, 3.8) is 0 Å². The number of carbonyl (C=O) groups is 2. The Balaban J connectivity index is 2.64. The Morgan fingerprint density at radius 1 is 1.50 bits per heavy atom. The van der Waals surface area contributed by atoms with Gasteiger partial charge in [0, 0.05) is 0 Å². The summed E-state index contributed by atoms with van der Waals surface area (Å²) in [6, 6.07) is 0. The molecule has 0 unspecified atom stereocenters. The van der Waals surface area contributed by atoms with Gasteiger partial charge in [-0.15, -0.1) is 11.3 Å². The second-order valence-electron chi connectivity index (χ2n) is 4.40. The van der Waals surface area contributed by atoms with Gasteiger partial charge in [-0.1, -0.05) is 0 Å². The average Bonchev–Trinajstić information content (AvgIpc) is 2.54. The summed E-state index contributed by atoms with van der Waals surface area (Å²) in [7, 11) is 0. The number of rotatable bonds is 3. The van der Waals surface area contributed by atoms with E-state index in [0.29, 0.717) is 8.79 Å². The number of carboxylic acids is 1. The van der Waals surface area contributed by atoms with Crippen LogP contribution in [0.25, 0.3) is 0 Å². The molecule has 1 heterocycles. The summed E-state index contributed by atoms with van der Waals surface area (Å²) in [5, 5.41) is 11.4. The fourth-order valence-corrected chi connectivity index (χ4v) is 2.55. The molecule has 0 atom stereocenters. The number of carbonyl (C=O) groups excluding carboxylic acids is 1. The number of nitrogens with one attached hydrogen (secondary N) is 1. The van der Waals surface area contributed by atoms with Crippen LogP contribution in [-0.4, -0.2) is 27.8 Å². The van der Waals surface area contributed by atoms with Crippen LogP contribution >= 0.6 is 27.3 Å². The van der Waals surface area contributed by atoms with E-state index in [2.05, 4.69) is 26.2 Å². The molecule has 0 aliphatic heterocycles. The Kier molecular flexibility index (Phi) is 4.69. The number of hydrogen-bond donors (Lipinski definition) is 2. The Morgan fingerprint density at radius 3 is 2.61 bits per heavy atom. The van der Waals surface area contributed by atoms with Crippen molar-refractivity contribution in [3.8, 4) is 0 Å². The largest absolute Gasteiger partial charge is 0.476 e. The zero-order valence-corrected chi connectivity index (χ0v) is 12.5. The van der Waals surface area contributed by atoms with Gasteiger partial charge >= 0.3 is 12.1 Å². The standard InChI is InChI=1S/C10H13BrN2O4S/c1-10(2,3)17-9(16)12-4-5-6(7(14)15)13-8(11)18-5/h4H2,1-3H3,(H,12,16)(H,14,15). The number of aromatic carboxylic acids is 1. The van der Waals surface area contributed by atoms with Crippen LogP contribution in [0.3, 0.4) is 0 Å². The maximum atomic E-state index is 11.4. The molecule has 0 spiro atoms.